The molecule has 2 saturated carbocycles. The van der Waals surface area contributed by atoms with Crippen LogP contribution in [0.15, 0.2) is 127 Å². The molecular weight excluding hydrogens is 723 g/mol. The lowest BCUT2D eigenvalue weighted by atomic mass is 9.82. The van der Waals surface area contributed by atoms with E-state index in [-0.39, 0.29) is 11.8 Å². The number of carbonyl (C=O) groups is 2. The lowest BCUT2D eigenvalue weighted by Crippen LogP contribution is -2.15. The predicted molar refractivity (Wildman–Crippen MR) is 236 cm³/mol. The molecule has 59 heavy (non-hydrogen) atoms. The van der Waals surface area contributed by atoms with E-state index in [1.165, 1.54) is 11.1 Å². The molecule has 284 valence electrons. The zero-order chi connectivity index (χ0) is 38.9. The number of hydrogen-bond donors (Lipinski definition) is 0. The molecule has 0 amide bonds. The van der Waals surface area contributed by atoms with Gasteiger partial charge in [-0.25, -0.2) is 9.97 Å². The molecule has 0 spiro atoms. The van der Waals surface area contributed by atoms with Crippen LogP contribution in [0, 0.1) is 11.8 Å². The van der Waals surface area contributed by atoms with Crippen LogP contribution in [-0.2, 0) is 0 Å². The van der Waals surface area contributed by atoms with Gasteiger partial charge in [-0.05, 0) is 116 Å². The van der Waals surface area contributed by atoms with E-state index in [4.69, 9.17) is 9.97 Å². The standard InChI is InChI=1S/C54H41N3O2/c58-52-34-20-16-30(17-21-34)38-26-40-42-24-37(48-49(32-10-4-1-5-11-32)55-54(36-14-8-3-9-15-36)56-50(48)33-12-6-2-7-13-33)25-43-41-27-39-31-18-22-35(23-19-31)53(59)45(39)29-47(41)57(51(42)43)46(40)28-44(38)52/h1-15,24-31,34-35H,16-23H2. The molecule has 15 rings (SSSR count). The summed E-state index contributed by atoms with van der Waals surface area (Å²) in [6.07, 6.45) is 8.15. The average Bonchev–Trinajstić information content (AvgIpc) is 3.61. The maximum atomic E-state index is 14.2. The summed E-state index contributed by atoms with van der Waals surface area (Å²) in [5.74, 6) is 2.31. The molecule has 5 nitrogen and oxygen atoms in total. The Bertz CT molecular complexity index is 3020. The number of carbonyl (C=O) groups excluding carboxylic acids is 2. The SMILES string of the molecule is O=C1c2cc3c(cc2C2CCC1CC2)c1cc(-c2c(-c4ccccc4)nc(-c4ccccc4)nc2-c2ccccc2)cc2c4cc5c(cc4n3c12)C(=O)C1CCC5CC1. The van der Waals surface area contributed by atoms with Crippen molar-refractivity contribution >= 4 is 49.7 Å². The molecule has 0 aliphatic heterocycles. The summed E-state index contributed by atoms with van der Waals surface area (Å²) in [6, 6.07) is 45.2. The highest BCUT2D eigenvalue weighted by Gasteiger charge is 2.38. The van der Waals surface area contributed by atoms with Gasteiger partial charge in [-0.3, -0.25) is 9.59 Å². The average molecular weight is 764 g/mol. The molecule has 2 fully saturated rings. The lowest BCUT2D eigenvalue weighted by molar-refractivity contribution is 0.0891. The largest absolute Gasteiger partial charge is 0.308 e. The Labute approximate surface area is 342 Å². The third kappa shape index (κ3) is 4.85. The first-order valence-electron chi connectivity index (χ1n) is 21.6. The quantitative estimate of drug-likeness (QED) is 0.179. The second-order valence-electron chi connectivity index (χ2n) is 17.7. The van der Waals surface area contributed by atoms with Crippen LogP contribution in [0.1, 0.15) is 95.0 Å². The summed E-state index contributed by atoms with van der Waals surface area (Å²) in [4.78, 5) is 39.3. The van der Waals surface area contributed by atoms with E-state index < -0.39 is 0 Å². The van der Waals surface area contributed by atoms with Gasteiger partial charge < -0.3 is 4.40 Å². The number of nitrogens with zero attached hydrogens (tertiary/aromatic N) is 3. The topological polar surface area (TPSA) is 64.3 Å². The van der Waals surface area contributed by atoms with Gasteiger partial charge in [0.2, 0.25) is 0 Å². The molecule has 0 saturated heterocycles. The van der Waals surface area contributed by atoms with Gasteiger partial charge in [0.1, 0.15) is 0 Å². The van der Waals surface area contributed by atoms with Crippen LogP contribution < -0.4 is 0 Å². The van der Waals surface area contributed by atoms with E-state index in [2.05, 4.69) is 114 Å². The third-order valence-electron chi connectivity index (χ3n) is 14.7. The van der Waals surface area contributed by atoms with Gasteiger partial charge in [-0.15, -0.1) is 0 Å². The molecule has 3 aromatic heterocycles. The first-order chi connectivity index (χ1) is 29.1. The van der Waals surface area contributed by atoms with Crippen LogP contribution in [0.4, 0.5) is 0 Å². The second-order valence-corrected chi connectivity index (χ2v) is 17.7. The molecule has 5 heteroatoms. The Hall–Kier alpha value is -6.46. The third-order valence-corrected chi connectivity index (χ3v) is 14.7. The molecule has 0 atom stereocenters. The highest BCUT2D eigenvalue weighted by atomic mass is 16.1. The molecule has 6 aliphatic rings. The van der Waals surface area contributed by atoms with Gasteiger partial charge >= 0.3 is 0 Å². The van der Waals surface area contributed by atoms with Crippen molar-refractivity contribution in [2.75, 3.05) is 0 Å². The smallest absolute Gasteiger partial charge is 0.166 e. The Morgan fingerprint density at radius 3 is 1.27 bits per heavy atom. The van der Waals surface area contributed by atoms with E-state index in [1.54, 1.807) is 0 Å². The maximum Gasteiger partial charge on any atom is 0.166 e. The first-order valence-corrected chi connectivity index (χ1v) is 21.6. The fourth-order valence-electron chi connectivity index (χ4n) is 11.7. The molecule has 0 N–H and O–H groups in total. The van der Waals surface area contributed by atoms with Gasteiger partial charge in [-0.2, -0.15) is 0 Å². The summed E-state index contributed by atoms with van der Waals surface area (Å²) in [6.45, 7) is 0. The molecule has 9 aromatic rings. The zero-order valence-corrected chi connectivity index (χ0v) is 32.7. The van der Waals surface area contributed by atoms with Crippen molar-refractivity contribution in [1.82, 2.24) is 14.4 Å². The summed E-state index contributed by atoms with van der Waals surface area (Å²) in [7, 11) is 0. The summed E-state index contributed by atoms with van der Waals surface area (Å²) in [5.41, 5.74) is 14.3. The summed E-state index contributed by atoms with van der Waals surface area (Å²) in [5, 5.41) is 4.64. The fourth-order valence-corrected chi connectivity index (χ4v) is 11.7. The van der Waals surface area contributed by atoms with Crippen molar-refractivity contribution in [1.29, 1.82) is 0 Å². The van der Waals surface area contributed by atoms with Crippen molar-refractivity contribution in [3.8, 4) is 45.0 Å². The van der Waals surface area contributed by atoms with Crippen LogP contribution in [0.25, 0.3) is 83.1 Å². The number of aromatic nitrogens is 3. The number of hydrogen-bond acceptors (Lipinski definition) is 4. The van der Waals surface area contributed by atoms with Gasteiger partial charge in [-0.1, -0.05) is 91.0 Å². The number of Topliss-reactive ketones (excluding diaryl/α,β-unsaturated/α-hetero) is 2. The highest BCUT2D eigenvalue weighted by molar-refractivity contribution is 6.26. The summed E-state index contributed by atoms with van der Waals surface area (Å²) >= 11 is 0. The predicted octanol–water partition coefficient (Wildman–Crippen LogP) is 13.2. The second kappa shape index (κ2) is 12.5. The van der Waals surface area contributed by atoms with Crippen molar-refractivity contribution < 1.29 is 9.59 Å². The molecule has 0 radical (unpaired) electrons. The van der Waals surface area contributed by atoms with Crippen molar-refractivity contribution in [2.24, 2.45) is 11.8 Å². The number of fused-ring (bicyclic) bond motifs is 10. The first kappa shape index (κ1) is 33.5. The van der Waals surface area contributed by atoms with Crippen LogP contribution in [-0.4, -0.2) is 25.9 Å². The number of ketones is 2. The highest BCUT2D eigenvalue weighted by Crippen LogP contribution is 2.51. The van der Waals surface area contributed by atoms with Gasteiger partial charge in [0.25, 0.3) is 0 Å². The van der Waals surface area contributed by atoms with Crippen molar-refractivity contribution in [3.63, 3.8) is 0 Å². The Morgan fingerprint density at radius 1 is 0.424 bits per heavy atom. The summed E-state index contributed by atoms with van der Waals surface area (Å²) < 4.78 is 2.39. The van der Waals surface area contributed by atoms with E-state index in [0.29, 0.717) is 29.2 Å². The van der Waals surface area contributed by atoms with E-state index >= 15 is 0 Å². The fraction of sp³-hybridized carbons (Fsp3) is 0.222. The lowest BCUT2D eigenvalue weighted by Gasteiger charge is -2.22. The van der Waals surface area contributed by atoms with Crippen molar-refractivity contribution in [3.05, 3.63) is 150 Å². The van der Waals surface area contributed by atoms with Crippen LogP contribution in [0.5, 0.6) is 0 Å². The molecule has 6 aromatic carbocycles. The minimum absolute atomic E-state index is 0.109. The van der Waals surface area contributed by atoms with E-state index in [1.807, 2.05) is 18.2 Å². The van der Waals surface area contributed by atoms with Gasteiger partial charge in [0.15, 0.2) is 17.4 Å². The molecule has 6 aliphatic carbocycles. The monoisotopic (exact) mass is 763 g/mol. The van der Waals surface area contributed by atoms with Crippen molar-refractivity contribution in [2.45, 2.75) is 63.2 Å². The van der Waals surface area contributed by atoms with Gasteiger partial charge in [0, 0.05) is 66.8 Å². The number of benzene rings is 6. The Balaban J connectivity index is 1.18. The molecule has 4 bridgehead atoms. The normalized spacial score (nSPS) is 21.1. The van der Waals surface area contributed by atoms with Gasteiger partial charge in [0.05, 0.1) is 27.9 Å². The molecular formula is C54H41N3O2. The minimum atomic E-state index is 0.109. The maximum absolute atomic E-state index is 14.2. The molecule has 3 heterocycles. The molecule has 0 unspecified atom stereocenters. The van der Waals surface area contributed by atoms with Crippen LogP contribution >= 0.6 is 0 Å². The van der Waals surface area contributed by atoms with Crippen LogP contribution in [0.2, 0.25) is 0 Å². The number of rotatable bonds is 4. The Kier molecular flexibility index (Phi) is 7.11. The van der Waals surface area contributed by atoms with E-state index in [9.17, 15) is 9.59 Å². The van der Waals surface area contributed by atoms with E-state index in [0.717, 1.165) is 140 Å². The Morgan fingerprint density at radius 2 is 0.831 bits per heavy atom. The minimum Gasteiger partial charge on any atom is -0.308 e. The van der Waals surface area contributed by atoms with Crippen LogP contribution in [0.3, 0.4) is 0 Å². The zero-order valence-electron chi connectivity index (χ0n) is 32.7.